The zero-order chi connectivity index (χ0) is 41.7. The van der Waals surface area contributed by atoms with E-state index in [-0.39, 0.29) is 44.2 Å². The molecule has 1 N–H and O–H groups in total. The van der Waals surface area contributed by atoms with Crippen LogP contribution in [0.5, 0.6) is 5.75 Å². The summed E-state index contributed by atoms with van der Waals surface area (Å²) in [5.74, 6) is 2.15. The maximum atomic E-state index is 14.2. The Balaban J connectivity index is 1.26. The van der Waals surface area contributed by atoms with E-state index in [0.717, 1.165) is 62.9 Å². The summed E-state index contributed by atoms with van der Waals surface area (Å²) in [6.07, 6.45) is 12.6. The van der Waals surface area contributed by atoms with E-state index < -0.39 is 11.4 Å². The number of methoxy groups -OCH3 is 1. The molecule has 57 heavy (non-hydrogen) atoms. The van der Waals surface area contributed by atoms with Crippen LogP contribution in [-0.2, 0) is 21.5 Å². The predicted molar refractivity (Wildman–Crippen MR) is 230 cm³/mol. The lowest BCUT2D eigenvalue weighted by molar-refractivity contribution is -0.246. The van der Waals surface area contributed by atoms with Crippen molar-refractivity contribution in [2.75, 3.05) is 7.11 Å². The third kappa shape index (κ3) is 5.91. The fourth-order valence-electron chi connectivity index (χ4n) is 14.9. The van der Waals surface area contributed by atoms with Gasteiger partial charge in [-0.2, -0.15) is 0 Å². The molecule has 314 valence electrons. The topological polar surface area (TPSA) is 82.7 Å². The zero-order valence-electron chi connectivity index (χ0n) is 37.6. The van der Waals surface area contributed by atoms with Crippen LogP contribution in [0.1, 0.15) is 159 Å². The summed E-state index contributed by atoms with van der Waals surface area (Å²) in [5, 5.41) is 9.79. The van der Waals surface area contributed by atoms with Crippen LogP contribution >= 0.6 is 0 Å². The van der Waals surface area contributed by atoms with Crippen LogP contribution in [0.2, 0.25) is 0 Å². The van der Waals surface area contributed by atoms with Gasteiger partial charge in [-0.15, -0.1) is 0 Å². The predicted octanol–water partition coefficient (Wildman–Crippen LogP) is 11.9. The van der Waals surface area contributed by atoms with Gasteiger partial charge in [0.25, 0.3) is 5.56 Å². The second kappa shape index (κ2) is 13.9. The van der Waals surface area contributed by atoms with Crippen molar-refractivity contribution in [3.63, 3.8) is 0 Å². The highest BCUT2D eigenvalue weighted by molar-refractivity contribution is 5.73. The number of carbonyl (C=O) groups is 1. The third-order valence-corrected chi connectivity index (χ3v) is 18.1. The molecule has 7 heteroatoms. The molecule has 2 unspecified atom stereocenters. The van der Waals surface area contributed by atoms with Crippen molar-refractivity contribution in [1.29, 1.82) is 0 Å². The van der Waals surface area contributed by atoms with Gasteiger partial charge in [-0.1, -0.05) is 80.0 Å². The first-order valence-electron chi connectivity index (χ1n) is 22.4. The molecule has 1 aromatic carbocycles. The van der Waals surface area contributed by atoms with Crippen LogP contribution in [0.25, 0.3) is 5.69 Å². The molecule has 8 atom stereocenters. The second-order valence-corrected chi connectivity index (χ2v) is 21.8. The Morgan fingerprint density at radius 3 is 2.23 bits per heavy atom. The number of ether oxygens (including phenoxy) is 2. The van der Waals surface area contributed by atoms with Gasteiger partial charge >= 0.3 is 5.97 Å². The number of nitrogens with zero attached hydrogens (tertiary/aromatic N) is 2. The highest BCUT2D eigenvalue weighted by atomic mass is 16.5. The third-order valence-electron chi connectivity index (χ3n) is 18.1. The van der Waals surface area contributed by atoms with Crippen LogP contribution in [0, 0.1) is 50.2 Å². The van der Waals surface area contributed by atoms with Gasteiger partial charge in [0.2, 0.25) is 0 Å². The molecule has 0 radical (unpaired) electrons. The van der Waals surface area contributed by atoms with E-state index in [2.05, 4.69) is 73.6 Å². The number of benzene rings is 1. The van der Waals surface area contributed by atoms with Crippen molar-refractivity contribution >= 4 is 5.97 Å². The molecule has 7 rings (SSSR count). The van der Waals surface area contributed by atoms with Crippen molar-refractivity contribution in [3.05, 3.63) is 69.9 Å². The van der Waals surface area contributed by atoms with Crippen molar-refractivity contribution < 1.29 is 19.4 Å². The Kier molecular flexibility index (Phi) is 10.2. The fraction of sp³-hybridized carbons (Fsp3) is 0.720. The molecule has 0 aliphatic heterocycles. The van der Waals surface area contributed by atoms with E-state index in [1.54, 1.807) is 32.1 Å². The Labute approximate surface area is 343 Å². The monoisotopic (exact) mass is 783 g/mol. The first kappa shape index (κ1) is 41.9. The number of aromatic nitrogens is 2. The summed E-state index contributed by atoms with van der Waals surface area (Å²) in [5.41, 5.74) is 4.87. The van der Waals surface area contributed by atoms with Crippen molar-refractivity contribution in [1.82, 2.24) is 9.36 Å². The molecule has 5 aliphatic carbocycles. The summed E-state index contributed by atoms with van der Waals surface area (Å²) in [7, 11) is 1.68. The summed E-state index contributed by atoms with van der Waals surface area (Å²) in [4.78, 5) is 26.2. The van der Waals surface area contributed by atoms with Crippen LogP contribution in [0.15, 0.2) is 58.6 Å². The van der Waals surface area contributed by atoms with Gasteiger partial charge in [0, 0.05) is 29.9 Å². The second-order valence-electron chi connectivity index (χ2n) is 21.8. The minimum Gasteiger partial charge on any atom is -0.497 e. The normalized spacial score (nSPS) is 35.9. The number of carboxylic acids is 1. The van der Waals surface area contributed by atoms with Crippen molar-refractivity contribution in [2.45, 2.75) is 171 Å². The SMILES string of the molecule is C=C(CC(C)(C)C(=O)O)O[C@H]1CCC2(C)[C@H]3CC[C@]4(C)C5=C(C(C)C)CC[C@]5(c5cc(=O)n(-c6ccc(OC)cc6)n5CCC)CC[C@@]4(C)C3(C)CC[C@H]2C1(C)C. The van der Waals surface area contributed by atoms with E-state index in [0.29, 0.717) is 29.9 Å². The molecule has 0 spiro atoms. The highest BCUT2D eigenvalue weighted by Gasteiger charge is 2.73. The summed E-state index contributed by atoms with van der Waals surface area (Å²) in [6, 6.07) is 9.99. The number of rotatable bonds is 11. The number of hydrogen-bond acceptors (Lipinski definition) is 4. The van der Waals surface area contributed by atoms with E-state index in [1.165, 1.54) is 31.4 Å². The number of aliphatic carboxylic acids is 1. The first-order valence-corrected chi connectivity index (χ1v) is 22.4. The zero-order valence-corrected chi connectivity index (χ0v) is 37.6. The molecular formula is C50H74N2O5. The molecule has 0 saturated heterocycles. The molecular weight excluding hydrogens is 709 g/mol. The maximum absolute atomic E-state index is 14.2. The lowest BCUT2D eigenvalue weighted by Crippen LogP contribution is -2.68. The average Bonchev–Trinajstić information content (AvgIpc) is 3.70. The number of fused-ring (bicyclic) bond motifs is 7. The molecule has 4 fully saturated rings. The van der Waals surface area contributed by atoms with Gasteiger partial charge in [0.15, 0.2) is 0 Å². The smallest absolute Gasteiger partial charge is 0.309 e. The molecule has 2 aromatic rings. The lowest BCUT2D eigenvalue weighted by atomic mass is 9.30. The highest BCUT2D eigenvalue weighted by Crippen LogP contribution is 2.80. The van der Waals surface area contributed by atoms with Crippen molar-refractivity contribution in [2.24, 2.45) is 50.2 Å². The van der Waals surface area contributed by atoms with Crippen LogP contribution in [0.4, 0.5) is 0 Å². The van der Waals surface area contributed by atoms with Crippen LogP contribution < -0.4 is 10.3 Å². The Hall–Kier alpha value is -3.22. The van der Waals surface area contributed by atoms with E-state index in [1.807, 2.05) is 35.0 Å². The molecule has 5 aliphatic rings. The largest absolute Gasteiger partial charge is 0.497 e. The fourth-order valence-corrected chi connectivity index (χ4v) is 14.9. The van der Waals surface area contributed by atoms with Crippen molar-refractivity contribution in [3.8, 4) is 11.4 Å². The molecule has 0 amide bonds. The van der Waals surface area contributed by atoms with E-state index in [9.17, 15) is 14.7 Å². The molecule has 4 saturated carbocycles. The minimum absolute atomic E-state index is 0.00955. The molecule has 1 heterocycles. The molecule has 0 bridgehead atoms. The summed E-state index contributed by atoms with van der Waals surface area (Å²) in [6.45, 7) is 31.2. The number of hydrogen-bond donors (Lipinski definition) is 1. The quantitative estimate of drug-likeness (QED) is 0.181. The van der Waals surface area contributed by atoms with Gasteiger partial charge in [0.05, 0.1) is 29.7 Å². The van der Waals surface area contributed by atoms with Gasteiger partial charge in [0.1, 0.15) is 11.9 Å². The summed E-state index contributed by atoms with van der Waals surface area (Å²) < 4.78 is 16.5. The van der Waals surface area contributed by atoms with E-state index >= 15 is 0 Å². The standard InChI is InChI=1S/C50H74N2O5/c1-14-29-51-39(30-41(53)52(51)34-15-17-35(56-13)18-16-34)50-26-19-36(32(2)3)42(50)48(11)25-21-38-46(9)23-22-40(57-33(4)31-44(5,6)43(54)55)45(7,8)37(46)20-24-47(38,10)49(48,12)27-28-50/h15-18,30,32,37-38,40H,4,14,19-29,31H2,1-3,5-13H3,(H,54,55)/t37-,38+,40-,46?,47?,48+,49-,50+/m0/s1. The van der Waals surface area contributed by atoms with Gasteiger partial charge in [-0.3, -0.25) is 14.3 Å². The maximum Gasteiger partial charge on any atom is 0.309 e. The average molecular weight is 783 g/mol. The Bertz CT molecular complexity index is 2000. The van der Waals surface area contributed by atoms with Gasteiger partial charge < -0.3 is 14.6 Å². The Morgan fingerprint density at radius 1 is 0.947 bits per heavy atom. The lowest BCUT2D eigenvalue weighted by Gasteiger charge is -2.75. The van der Waals surface area contributed by atoms with Crippen LogP contribution in [0.3, 0.4) is 0 Å². The van der Waals surface area contributed by atoms with Gasteiger partial charge in [-0.05, 0) is 148 Å². The minimum atomic E-state index is -0.906. The van der Waals surface area contributed by atoms with Gasteiger partial charge in [-0.25, -0.2) is 4.68 Å². The Morgan fingerprint density at radius 2 is 1.61 bits per heavy atom. The number of allylic oxidation sites excluding steroid dienone is 3. The molecule has 1 aromatic heterocycles. The van der Waals surface area contributed by atoms with E-state index in [4.69, 9.17) is 9.47 Å². The van der Waals surface area contributed by atoms with Crippen LogP contribution in [-0.4, -0.2) is 33.7 Å². The summed E-state index contributed by atoms with van der Waals surface area (Å²) >= 11 is 0. The first-order chi connectivity index (χ1) is 26.6. The number of carboxylic acid groups (broad SMARTS) is 1. The molecule has 7 nitrogen and oxygen atoms in total.